The van der Waals surface area contributed by atoms with Gasteiger partial charge in [-0.25, -0.2) is 0 Å². The van der Waals surface area contributed by atoms with E-state index in [1.807, 2.05) is 12.1 Å². The van der Waals surface area contributed by atoms with Crippen molar-refractivity contribution >= 4 is 43.7 Å². The van der Waals surface area contributed by atoms with Crippen LogP contribution in [0.1, 0.15) is 41.7 Å². The molecule has 2 nitrogen and oxygen atoms in total. The van der Waals surface area contributed by atoms with Crippen LogP contribution in [-0.2, 0) is 5.41 Å². The Labute approximate surface area is 364 Å². The van der Waals surface area contributed by atoms with E-state index in [4.69, 9.17) is 4.42 Å². The number of para-hydroxylation sites is 3. The fraction of sp³-hybridized carbons (Fsp3) is 0.100. The van der Waals surface area contributed by atoms with E-state index in [0.717, 1.165) is 11.2 Å². The van der Waals surface area contributed by atoms with Crippen LogP contribution in [0.3, 0.4) is 0 Å². The zero-order valence-corrected chi connectivity index (χ0v) is 36.0. The predicted molar refractivity (Wildman–Crippen MR) is 264 cm³/mol. The van der Waals surface area contributed by atoms with Crippen molar-refractivity contribution in [3.63, 3.8) is 0 Å². The minimum Gasteiger partial charge on any atom is -0.456 e. The average Bonchev–Trinajstić information content (AvgIpc) is 3.92. The van der Waals surface area contributed by atoms with Crippen molar-refractivity contribution in [2.24, 2.45) is 0 Å². The molecule has 0 atom stereocenters. The van der Waals surface area contributed by atoms with Crippen LogP contribution in [0.5, 0.6) is 0 Å². The van der Waals surface area contributed by atoms with Gasteiger partial charge in [-0.05, 0) is 114 Å². The molecule has 62 heavy (non-hydrogen) atoms. The molecule has 0 aliphatic heterocycles. The fourth-order valence-corrected chi connectivity index (χ4v) is 9.22. The highest BCUT2D eigenvalue weighted by Gasteiger charge is 2.34. The molecule has 0 fully saturated rings. The smallest absolute Gasteiger partial charge is 0.135 e. The molecule has 9 aromatic carbocycles. The average molecular weight is 800 g/mol. The molecule has 11 aromatic rings. The monoisotopic (exact) mass is 799 g/mol. The Morgan fingerprint density at radius 3 is 1.60 bits per heavy atom. The highest BCUT2D eigenvalue weighted by molar-refractivity contribution is 6.10. The largest absolute Gasteiger partial charge is 0.456 e. The zero-order chi connectivity index (χ0) is 42.4. The molecule has 0 bridgehead atoms. The van der Waals surface area contributed by atoms with Gasteiger partial charge in [0.15, 0.2) is 0 Å². The first-order valence-electron chi connectivity index (χ1n) is 21.6. The molecule has 0 saturated carbocycles. The Balaban J connectivity index is 0.000000114. The molecule has 0 radical (unpaired) electrons. The molecule has 0 N–H and O–H groups in total. The van der Waals surface area contributed by atoms with Crippen molar-refractivity contribution in [2.75, 3.05) is 0 Å². The fourth-order valence-electron chi connectivity index (χ4n) is 9.22. The second-order valence-corrected chi connectivity index (χ2v) is 17.2. The van der Waals surface area contributed by atoms with E-state index in [9.17, 15) is 0 Å². The van der Waals surface area contributed by atoms with Crippen molar-refractivity contribution < 1.29 is 4.42 Å². The normalized spacial score (nSPS) is 12.4. The molecule has 0 amide bonds. The van der Waals surface area contributed by atoms with Crippen molar-refractivity contribution in [3.05, 3.63) is 234 Å². The lowest BCUT2D eigenvalue weighted by Crippen LogP contribution is -2.14. The Morgan fingerprint density at radius 1 is 0.355 bits per heavy atom. The Bertz CT molecular complexity index is 3380. The number of aryl methyl sites for hydroxylation is 3. The maximum atomic E-state index is 5.86. The van der Waals surface area contributed by atoms with Gasteiger partial charge < -0.3 is 8.98 Å². The lowest BCUT2D eigenvalue weighted by Gasteiger charge is -2.21. The number of nitrogens with zero attached hydrogens (tertiary/aromatic N) is 1. The van der Waals surface area contributed by atoms with Crippen LogP contribution in [0.15, 0.2) is 211 Å². The van der Waals surface area contributed by atoms with E-state index in [1.165, 1.54) is 99.5 Å². The third kappa shape index (κ3) is 7.08. The standard InChI is InChI=1S/C25H19N.C19H14O.C16H16/c1-18-11-13-19(14-12-18)20-15-16-25-23(17-20)22-9-5-6-10-24(22)26(25)21-7-3-2-4-8-21;1-13-6-8-14(9-7-13)15-10-11-19-17(12-15)16-4-2-3-5-18(16)20-19;1-11-8-9-13-12-6-4-5-7-14(12)16(2,3)15(13)10-11/h2-17H,1H3;2-12H,1H3;4-10H,1-3H3. The van der Waals surface area contributed by atoms with Gasteiger partial charge >= 0.3 is 0 Å². The van der Waals surface area contributed by atoms with E-state index in [2.05, 4.69) is 233 Å². The van der Waals surface area contributed by atoms with E-state index in [0.29, 0.717) is 0 Å². The van der Waals surface area contributed by atoms with Crippen molar-refractivity contribution in [1.29, 1.82) is 0 Å². The zero-order valence-electron chi connectivity index (χ0n) is 36.0. The van der Waals surface area contributed by atoms with Gasteiger partial charge in [0.25, 0.3) is 0 Å². The predicted octanol–water partition coefficient (Wildman–Crippen LogP) is 16.6. The maximum Gasteiger partial charge on any atom is 0.135 e. The number of aromatic nitrogens is 1. The highest BCUT2D eigenvalue weighted by Crippen LogP contribution is 2.48. The molecular weight excluding hydrogens is 751 g/mol. The molecule has 300 valence electrons. The van der Waals surface area contributed by atoms with Crippen LogP contribution < -0.4 is 0 Å². The van der Waals surface area contributed by atoms with Crippen LogP contribution in [0, 0.1) is 20.8 Å². The number of hydrogen-bond donors (Lipinski definition) is 0. The van der Waals surface area contributed by atoms with Gasteiger partial charge in [0.1, 0.15) is 11.2 Å². The summed E-state index contributed by atoms with van der Waals surface area (Å²) in [5.41, 5.74) is 20.4. The summed E-state index contributed by atoms with van der Waals surface area (Å²) in [7, 11) is 0. The van der Waals surface area contributed by atoms with Crippen LogP contribution >= 0.6 is 0 Å². The van der Waals surface area contributed by atoms with Gasteiger partial charge in [-0.1, -0.05) is 188 Å². The molecule has 2 heterocycles. The number of benzene rings is 9. The second kappa shape index (κ2) is 15.9. The second-order valence-electron chi connectivity index (χ2n) is 17.2. The Kier molecular flexibility index (Phi) is 9.93. The number of fused-ring (bicyclic) bond motifs is 9. The van der Waals surface area contributed by atoms with Crippen molar-refractivity contribution in [2.45, 2.75) is 40.0 Å². The third-order valence-electron chi connectivity index (χ3n) is 12.6. The summed E-state index contributed by atoms with van der Waals surface area (Å²) in [6.07, 6.45) is 0. The van der Waals surface area contributed by atoms with Crippen LogP contribution in [0.25, 0.3) is 82.8 Å². The Hall–Kier alpha value is -7.42. The van der Waals surface area contributed by atoms with Crippen molar-refractivity contribution in [1.82, 2.24) is 4.57 Å². The van der Waals surface area contributed by atoms with Gasteiger partial charge in [-0.2, -0.15) is 0 Å². The lowest BCUT2D eigenvalue weighted by atomic mass is 9.82. The number of rotatable bonds is 3. The number of hydrogen-bond acceptors (Lipinski definition) is 1. The van der Waals surface area contributed by atoms with Crippen molar-refractivity contribution in [3.8, 4) is 39.1 Å². The lowest BCUT2D eigenvalue weighted by molar-refractivity contribution is 0.660. The van der Waals surface area contributed by atoms with Gasteiger partial charge in [-0.15, -0.1) is 0 Å². The third-order valence-corrected chi connectivity index (χ3v) is 12.6. The summed E-state index contributed by atoms with van der Waals surface area (Å²) >= 11 is 0. The van der Waals surface area contributed by atoms with Gasteiger partial charge in [0, 0.05) is 32.6 Å². The maximum absolute atomic E-state index is 5.86. The van der Waals surface area contributed by atoms with E-state index >= 15 is 0 Å². The Morgan fingerprint density at radius 2 is 0.871 bits per heavy atom. The first-order chi connectivity index (χ1) is 30.2. The highest BCUT2D eigenvalue weighted by atomic mass is 16.3. The summed E-state index contributed by atoms with van der Waals surface area (Å²) in [5, 5.41) is 4.94. The van der Waals surface area contributed by atoms with E-state index < -0.39 is 0 Å². The minimum absolute atomic E-state index is 0.151. The van der Waals surface area contributed by atoms with Gasteiger partial charge in [0.05, 0.1) is 11.0 Å². The summed E-state index contributed by atoms with van der Waals surface area (Å²) in [6, 6.07) is 73.5. The number of furan rings is 1. The topological polar surface area (TPSA) is 18.1 Å². The molecular formula is C60H49NO. The summed E-state index contributed by atoms with van der Waals surface area (Å²) in [5.74, 6) is 0. The quantitative estimate of drug-likeness (QED) is 0.174. The molecule has 1 aliphatic rings. The van der Waals surface area contributed by atoms with Crippen LogP contribution in [0.2, 0.25) is 0 Å². The molecule has 12 rings (SSSR count). The molecule has 0 spiro atoms. The summed E-state index contributed by atoms with van der Waals surface area (Å²) in [4.78, 5) is 0. The molecule has 0 unspecified atom stereocenters. The van der Waals surface area contributed by atoms with Gasteiger partial charge in [-0.3, -0.25) is 0 Å². The first kappa shape index (κ1) is 38.8. The molecule has 0 saturated heterocycles. The minimum atomic E-state index is 0.151. The van der Waals surface area contributed by atoms with Crippen LogP contribution in [0.4, 0.5) is 0 Å². The summed E-state index contributed by atoms with van der Waals surface area (Å²) < 4.78 is 8.21. The van der Waals surface area contributed by atoms with Gasteiger partial charge in [0.2, 0.25) is 0 Å². The van der Waals surface area contributed by atoms with Crippen LogP contribution in [-0.4, -0.2) is 4.57 Å². The molecule has 1 aliphatic carbocycles. The molecule has 2 aromatic heterocycles. The SMILES string of the molecule is Cc1ccc(-c2ccc3c(c2)c2ccccc2n3-c2ccccc2)cc1.Cc1ccc(-c2ccc3oc4ccccc4c3c2)cc1.Cc1ccc2c(c1)C(C)(C)c1ccccc1-2. The molecule has 2 heteroatoms. The first-order valence-corrected chi connectivity index (χ1v) is 21.6. The summed E-state index contributed by atoms with van der Waals surface area (Å²) in [6.45, 7) is 11.0. The van der Waals surface area contributed by atoms with E-state index in [-0.39, 0.29) is 5.41 Å². The van der Waals surface area contributed by atoms with E-state index in [1.54, 1.807) is 0 Å².